The molecule has 1 heterocycles. The van der Waals surface area contributed by atoms with Crippen LogP contribution in [0.25, 0.3) is 0 Å². The maximum atomic E-state index is 13.4. The summed E-state index contributed by atoms with van der Waals surface area (Å²) < 4.78 is 26.4. The lowest BCUT2D eigenvalue weighted by Gasteiger charge is -2.03. The molecule has 2 aromatic rings. The predicted molar refractivity (Wildman–Crippen MR) is 67.2 cm³/mol. The third kappa shape index (κ3) is 3.19. The Morgan fingerprint density at radius 3 is 2.68 bits per heavy atom. The summed E-state index contributed by atoms with van der Waals surface area (Å²) in [6.07, 6.45) is 1.38. The number of benzene rings is 1. The van der Waals surface area contributed by atoms with E-state index < -0.39 is 11.6 Å². The Morgan fingerprint density at radius 1 is 1.26 bits per heavy atom. The van der Waals surface area contributed by atoms with Gasteiger partial charge in [-0.15, -0.1) is 0 Å². The highest BCUT2D eigenvalue weighted by Crippen LogP contribution is 2.28. The van der Waals surface area contributed by atoms with Gasteiger partial charge in [-0.3, -0.25) is 0 Å². The van der Waals surface area contributed by atoms with Gasteiger partial charge in [-0.05, 0) is 30.3 Å². The molecule has 3 N–H and O–H groups in total. The van der Waals surface area contributed by atoms with E-state index in [-0.39, 0.29) is 10.7 Å². The molecule has 0 fully saturated rings. The van der Waals surface area contributed by atoms with Gasteiger partial charge in [0.1, 0.15) is 16.7 Å². The minimum absolute atomic E-state index is 0.0685. The number of nitrogens with two attached hydrogens (primary N) is 1. The first-order valence-electron chi connectivity index (χ1n) is 5.17. The molecule has 4 nitrogen and oxygen atoms in total. The molecule has 0 aliphatic carbocycles. The number of amidine groups is 1. The molecule has 0 atom stereocenters. The third-order valence-corrected chi connectivity index (χ3v) is 3.23. The van der Waals surface area contributed by atoms with Crippen LogP contribution in [0.15, 0.2) is 51.6 Å². The summed E-state index contributed by atoms with van der Waals surface area (Å²) in [6, 6.07) is 6.35. The van der Waals surface area contributed by atoms with E-state index in [0.717, 1.165) is 30.0 Å². The SMILES string of the molecule is N/C(=N\O)c1ccc(Sc2cc(F)ccc2F)nc1. The molecule has 1 aromatic carbocycles. The van der Waals surface area contributed by atoms with Crippen molar-refractivity contribution in [1.82, 2.24) is 4.98 Å². The van der Waals surface area contributed by atoms with Crippen LogP contribution in [0.3, 0.4) is 0 Å². The van der Waals surface area contributed by atoms with Crippen LogP contribution >= 0.6 is 11.8 Å². The Kier molecular flexibility index (Phi) is 3.96. The van der Waals surface area contributed by atoms with E-state index in [4.69, 9.17) is 10.9 Å². The van der Waals surface area contributed by atoms with Gasteiger partial charge in [0.2, 0.25) is 0 Å². The largest absolute Gasteiger partial charge is 0.409 e. The fourth-order valence-corrected chi connectivity index (χ4v) is 2.12. The van der Waals surface area contributed by atoms with Crippen molar-refractivity contribution in [3.05, 3.63) is 53.7 Å². The highest BCUT2D eigenvalue weighted by atomic mass is 32.2. The Bertz CT molecular complexity index is 617. The molecule has 19 heavy (non-hydrogen) atoms. The quantitative estimate of drug-likeness (QED) is 0.392. The molecule has 0 unspecified atom stereocenters. The summed E-state index contributed by atoms with van der Waals surface area (Å²) in [5.74, 6) is -1.10. The zero-order valence-electron chi connectivity index (χ0n) is 9.55. The Balaban J connectivity index is 2.22. The zero-order valence-corrected chi connectivity index (χ0v) is 10.4. The molecule has 0 bridgehead atoms. The van der Waals surface area contributed by atoms with Crippen molar-refractivity contribution < 1.29 is 14.0 Å². The van der Waals surface area contributed by atoms with Crippen LogP contribution in [0.4, 0.5) is 8.78 Å². The molecule has 2 rings (SSSR count). The van der Waals surface area contributed by atoms with E-state index in [2.05, 4.69) is 10.1 Å². The van der Waals surface area contributed by atoms with Crippen LogP contribution in [-0.2, 0) is 0 Å². The number of aromatic nitrogens is 1. The van der Waals surface area contributed by atoms with Crippen LogP contribution in [0.1, 0.15) is 5.56 Å². The Hall–Kier alpha value is -2.15. The first kappa shape index (κ1) is 13.3. The number of hydrogen-bond donors (Lipinski definition) is 2. The van der Waals surface area contributed by atoms with E-state index in [1.165, 1.54) is 6.20 Å². The Labute approximate surface area is 112 Å². The van der Waals surface area contributed by atoms with Crippen molar-refractivity contribution in [2.24, 2.45) is 10.9 Å². The topological polar surface area (TPSA) is 71.5 Å². The average Bonchev–Trinajstić information content (AvgIpc) is 2.43. The lowest BCUT2D eigenvalue weighted by atomic mass is 10.3. The summed E-state index contributed by atoms with van der Waals surface area (Å²) in [5.41, 5.74) is 5.82. The molecule has 0 aliphatic heterocycles. The van der Waals surface area contributed by atoms with E-state index in [9.17, 15) is 8.78 Å². The van der Waals surface area contributed by atoms with Crippen molar-refractivity contribution in [1.29, 1.82) is 0 Å². The van der Waals surface area contributed by atoms with Gasteiger partial charge in [0.25, 0.3) is 0 Å². The van der Waals surface area contributed by atoms with Crippen LogP contribution in [0, 0.1) is 11.6 Å². The molecular formula is C12H9F2N3OS. The lowest BCUT2D eigenvalue weighted by Crippen LogP contribution is -2.13. The minimum atomic E-state index is -0.520. The molecule has 0 saturated carbocycles. The normalized spacial score (nSPS) is 11.6. The van der Waals surface area contributed by atoms with Gasteiger partial charge in [-0.2, -0.15) is 0 Å². The van der Waals surface area contributed by atoms with Crippen molar-refractivity contribution in [3.63, 3.8) is 0 Å². The molecule has 0 radical (unpaired) electrons. The predicted octanol–water partition coefficient (Wildman–Crippen LogP) is 2.61. The minimum Gasteiger partial charge on any atom is -0.409 e. The first-order valence-corrected chi connectivity index (χ1v) is 5.98. The average molecular weight is 281 g/mol. The van der Waals surface area contributed by atoms with Gasteiger partial charge >= 0.3 is 0 Å². The maximum Gasteiger partial charge on any atom is 0.171 e. The third-order valence-electron chi connectivity index (χ3n) is 2.25. The fourth-order valence-electron chi connectivity index (χ4n) is 1.32. The molecule has 7 heteroatoms. The van der Waals surface area contributed by atoms with Crippen LogP contribution in [0.2, 0.25) is 0 Å². The van der Waals surface area contributed by atoms with Crippen molar-refractivity contribution >= 4 is 17.6 Å². The molecule has 0 aliphatic rings. The van der Waals surface area contributed by atoms with E-state index in [0.29, 0.717) is 10.6 Å². The smallest absolute Gasteiger partial charge is 0.171 e. The number of oxime groups is 1. The van der Waals surface area contributed by atoms with E-state index in [1.807, 2.05) is 0 Å². The van der Waals surface area contributed by atoms with E-state index in [1.54, 1.807) is 12.1 Å². The molecule has 1 aromatic heterocycles. The monoisotopic (exact) mass is 281 g/mol. The number of nitrogens with zero attached hydrogens (tertiary/aromatic N) is 2. The summed E-state index contributed by atoms with van der Waals surface area (Å²) >= 11 is 0.987. The summed E-state index contributed by atoms with van der Waals surface area (Å²) in [6.45, 7) is 0. The van der Waals surface area contributed by atoms with Crippen LogP contribution < -0.4 is 5.73 Å². The zero-order chi connectivity index (χ0) is 13.8. The second-order valence-corrected chi connectivity index (χ2v) is 4.61. The molecule has 0 spiro atoms. The lowest BCUT2D eigenvalue weighted by molar-refractivity contribution is 0.318. The van der Waals surface area contributed by atoms with Crippen LogP contribution in [0.5, 0.6) is 0 Å². The van der Waals surface area contributed by atoms with Gasteiger partial charge in [-0.1, -0.05) is 16.9 Å². The van der Waals surface area contributed by atoms with Gasteiger partial charge in [0.15, 0.2) is 5.84 Å². The summed E-state index contributed by atoms with van der Waals surface area (Å²) in [7, 11) is 0. The van der Waals surface area contributed by atoms with Gasteiger partial charge in [0.05, 0.1) is 4.90 Å². The van der Waals surface area contributed by atoms with E-state index >= 15 is 0 Å². The van der Waals surface area contributed by atoms with Crippen molar-refractivity contribution in [2.45, 2.75) is 9.92 Å². The fraction of sp³-hybridized carbons (Fsp3) is 0. The van der Waals surface area contributed by atoms with Gasteiger partial charge in [-0.25, -0.2) is 13.8 Å². The molecule has 98 valence electrons. The standard InChI is InChI=1S/C12H9F2N3OS/c13-8-2-3-9(14)10(5-8)19-11-4-1-7(6-16-11)12(15)17-18/h1-6,18H,(H2,15,17). The first-order chi connectivity index (χ1) is 9.10. The summed E-state index contributed by atoms with van der Waals surface area (Å²) in [4.78, 5) is 4.16. The second-order valence-electron chi connectivity index (χ2n) is 3.55. The van der Waals surface area contributed by atoms with Gasteiger partial charge < -0.3 is 10.9 Å². The number of rotatable bonds is 3. The molecule has 0 amide bonds. The second kappa shape index (κ2) is 5.66. The number of hydrogen-bond acceptors (Lipinski definition) is 4. The molecular weight excluding hydrogens is 272 g/mol. The molecule has 0 saturated heterocycles. The summed E-state index contributed by atoms with van der Waals surface area (Å²) in [5, 5.41) is 11.8. The van der Waals surface area contributed by atoms with Gasteiger partial charge in [0, 0.05) is 11.8 Å². The maximum absolute atomic E-state index is 13.4. The highest BCUT2D eigenvalue weighted by Gasteiger charge is 2.07. The number of pyridine rings is 1. The Morgan fingerprint density at radius 2 is 2.05 bits per heavy atom. The van der Waals surface area contributed by atoms with Crippen molar-refractivity contribution in [2.75, 3.05) is 0 Å². The highest BCUT2D eigenvalue weighted by molar-refractivity contribution is 7.99. The van der Waals surface area contributed by atoms with Crippen LogP contribution in [-0.4, -0.2) is 16.0 Å². The van der Waals surface area contributed by atoms with Crippen molar-refractivity contribution in [3.8, 4) is 0 Å². The number of halogens is 2.